The van der Waals surface area contributed by atoms with Crippen LogP contribution in [0.3, 0.4) is 0 Å². The van der Waals surface area contributed by atoms with Crippen molar-refractivity contribution < 1.29 is 22.7 Å². The van der Waals surface area contributed by atoms with E-state index in [1.165, 1.54) is 6.07 Å². The second-order valence-corrected chi connectivity index (χ2v) is 5.79. The van der Waals surface area contributed by atoms with Crippen LogP contribution >= 0.6 is 0 Å². The topological polar surface area (TPSA) is 54.1 Å². The number of hydrogen-bond acceptors (Lipinski definition) is 3. The molecule has 0 atom stereocenters. The van der Waals surface area contributed by atoms with Crippen LogP contribution in [0.2, 0.25) is 0 Å². The number of halogens is 3. The summed E-state index contributed by atoms with van der Waals surface area (Å²) in [5.74, 6) is -0.814. The first-order valence-corrected chi connectivity index (χ1v) is 7.98. The van der Waals surface area contributed by atoms with Gasteiger partial charge in [-0.1, -0.05) is 18.2 Å². The highest BCUT2D eigenvalue weighted by molar-refractivity contribution is 5.96. The van der Waals surface area contributed by atoms with Crippen molar-refractivity contribution >= 4 is 22.6 Å². The van der Waals surface area contributed by atoms with E-state index in [0.29, 0.717) is 18.7 Å². The molecule has 2 aromatic carbocycles. The number of benzene rings is 2. The third kappa shape index (κ3) is 3.66. The van der Waals surface area contributed by atoms with E-state index in [1.54, 1.807) is 0 Å². The number of aromatic nitrogens is 1. The Morgan fingerprint density at radius 1 is 1.19 bits per heavy atom. The zero-order valence-electron chi connectivity index (χ0n) is 14.0. The average Bonchev–Trinajstić information content (AvgIpc) is 3.03. The Morgan fingerprint density at radius 2 is 1.96 bits per heavy atom. The fourth-order valence-electron chi connectivity index (χ4n) is 2.82. The Bertz CT molecular complexity index is 932. The summed E-state index contributed by atoms with van der Waals surface area (Å²) in [6, 6.07) is 10.9. The first-order chi connectivity index (χ1) is 12.4. The second kappa shape index (κ2) is 7.11. The maximum absolute atomic E-state index is 12.9. The van der Waals surface area contributed by atoms with Gasteiger partial charge in [0.15, 0.2) is 0 Å². The largest absolute Gasteiger partial charge is 0.465 e. The molecular formula is C19H17F3N2O2. The van der Waals surface area contributed by atoms with Crippen LogP contribution in [0, 0.1) is 0 Å². The molecule has 136 valence electrons. The Morgan fingerprint density at radius 3 is 2.69 bits per heavy atom. The van der Waals surface area contributed by atoms with E-state index in [9.17, 15) is 18.0 Å². The molecule has 1 heterocycles. The molecule has 3 rings (SSSR count). The summed E-state index contributed by atoms with van der Waals surface area (Å²) in [7, 11) is 1.14. The first kappa shape index (κ1) is 17.8. The van der Waals surface area contributed by atoms with Gasteiger partial charge in [-0.05, 0) is 36.2 Å². The quantitative estimate of drug-likeness (QED) is 0.651. The number of fused-ring (bicyclic) bond motifs is 1. The van der Waals surface area contributed by atoms with Gasteiger partial charge in [-0.2, -0.15) is 13.2 Å². The third-order valence-corrected chi connectivity index (χ3v) is 4.14. The molecular weight excluding hydrogens is 345 g/mol. The van der Waals surface area contributed by atoms with Gasteiger partial charge in [0.2, 0.25) is 0 Å². The normalized spacial score (nSPS) is 11.5. The average molecular weight is 362 g/mol. The highest BCUT2D eigenvalue weighted by Crippen LogP contribution is 2.32. The summed E-state index contributed by atoms with van der Waals surface area (Å²) in [5.41, 5.74) is 1.39. The lowest BCUT2D eigenvalue weighted by molar-refractivity contribution is -0.137. The Balaban J connectivity index is 1.77. The SMILES string of the molecule is COC(=O)c1cc(C(F)(F)F)ccc1NCCc1c[nH]c2ccccc12. The van der Waals surface area contributed by atoms with Crippen LogP contribution in [-0.4, -0.2) is 24.6 Å². The van der Waals surface area contributed by atoms with Crippen molar-refractivity contribution in [2.75, 3.05) is 19.0 Å². The minimum Gasteiger partial charge on any atom is -0.465 e. The molecule has 1 aromatic heterocycles. The predicted molar refractivity (Wildman–Crippen MR) is 93.3 cm³/mol. The number of H-pyrrole nitrogens is 1. The van der Waals surface area contributed by atoms with Gasteiger partial charge < -0.3 is 15.0 Å². The Kier molecular flexibility index (Phi) is 4.88. The fraction of sp³-hybridized carbons (Fsp3) is 0.211. The number of rotatable bonds is 5. The first-order valence-electron chi connectivity index (χ1n) is 7.98. The maximum Gasteiger partial charge on any atom is 0.416 e. The van der Waals surface area contributed by atoms with Crippen molar-refractivity contribution in [3.05, 3.63) is 65.4 Å². The maximum atomic E-state index is 12.9. The van der Waals surface area contributed by atoms with E-state index >= 15 is 0 Å². The summed E-state index contributed by atoms with van der Waals surface area (Å²) in [4.78, 5) is 15.0. The molecule has 4 nitrogen and oxygen atoms in total. The van der Waals surface area contributed by atoms with Crippen molar-refractivity contribution in [1.29, 1.82) is 0 Å². The number of ether oxygens (including phenoxy) is 1. The summed E-state index contributed by atoms with van der Waals surface area (Å²) < 4.78 is 43.2. The number of carbonyl (C=O) groups excluding carboxylic acids is 1. The molecule has 3 aromatic rings. The second-order valence-electron chi connectivity index (χ2n) is 5.79. The van der Waals surface area contributed by atoms with Crippen molar-refractivity contribution in [2.24, 2.45) is 0 Å². The summed E-state index contributed by atoms with van der Waals surface area (Å²) in [5, 5.41) is 4.12. The molecule has 7 heteroatoms. The minimum absolute atomic E-state index is 0.138. The van der Waals surface area contributed by atoms with Gasteiger partial charge in [0.1, 0.15) is 0 Å². The summed E-state index contributed by atoms with van der Waals surface area (Å²) >= 11 is 0. The molecule has 0 bridgehead atoms. The van der Waals surface area contributed by atoms with Crippen LogP contribution in [0.5, 0.6) is 0 Å². The van der Waals surface area contributed by atoms with Gasteiger partial charge in [0.05, 0.1) is 18.2 Å². The predicted octanol–water partition coefficient (Wildman–Crippen LogP) is 4.63. The van der Waals surface area contributed by atoms with Crippen LogP contribution in [0.15, 0.2) is 48.7 Å². The molecule has 26 heavy (non-hydrogen) atoms. The van der Waals surface area contributed by atoms with Crippen LogP contribution < -0.4 is 5.32 Å². The molecule has 0 saturated carbocycles. The number of hydrogen-bond donors (Lipinski definition) is 2. The molecule has 0 aliphatic carbocycles. The smallest absolute Gasteiger partial charge is 0.416 e. The van der Waals surface area contributed by atoms with E-state index in [0.717, 1.165) is 35.7 Å². The van der Waals surface area contributed by atoms with E-state index in [4.69, 9.17) is 0 Å². The van der Waals surface area contributed by atoms with Crippen LogP contribution in [0.4, 0.5) is 18.9 Å². The lowest BCUT2D eigenvalue weighted by Crippen LogP contribution is -2.13. The van der Waals surface area contributed by atoms with Crippen LogP contribution in [-0.2, 0) is 17.3 Å². The zero-order valence-corrected chi connectivity index (χ0v) is 14.0. The van der Waals surface area contributed by atoms with E-state index in [2.05, 4.69) is 15.0 Å². The van der Waals surface area contributed by atoms with Gasteiger partial charge >= 0.3 is 12.1 Å². The van der Waals surface area contributed by atoms with Crippen molar-refractivity contribution in [2.45, 2.75) is 12.6 Å². The third-order valence-electron chi connectivity index (χ3n) is 4.14. The number of esters is 1. The van der Waals surface area contributed by atoms with E-state index < -0.39 is 17.7 Å². The lowest BCUT2D eigenvalue weighted by atomic mass is 10.1. The van der Waals surface area contributed by atoms with Gasteiger partial charge in [-0.25, -0.2) is 4.79 Å². The standard InChI is InChI=1S/C19H17F3N2O2/c1-26-18(25)15-10-13(19(20,21)22)6-7-17(15)23-9-8-12-11-24-16-5-3-2-4-14(12)16/h2-7,10-11,23-24H,8-9H2,1H3. The number of methoxy groups -OCH3 is 1. The van der Waals surface area contributed by atoms with Crippen molar-refractivity contribution in [1.82, 2.24) is 4.98 Å². The number of nitrogens with one attached hydrogen (secondary N) is 2. The Hall–Kier alpha value is -2.96. The van der Waals surface area contributed by atoms with Crippen LogP contribution in [0.1, 0.15) is 21.5 Å². The van der Waals surface area contributed by atoms with Gasteiger partial charge in [-0.15, -0.1) is 0 Å². The molecule has 2 N–H and O–H groups in total. The lowest BCUT2D eigenvalue weighted by Gasteiger charge is -2.14. The summed E-state index contributed by atoms with van der Waals surface area (Å²) in [6.07, 6.45) is -1.97. The molecule has 0 aliphatic heterocycles. The molecule has 0 spiro atoms. The fourth-order valence-corrected chi connectivity index (χ4v) is 2.82. The zero-order chi connectivity index (χ0) is 18.7. The number of alkyl halides is 3. The monoisotopic (exact) mass is 362 g/mol. The van der Waals surface area contributed by atoms with Crippen molar-refractivity contribution in [3.63, 3.8) is 0 Å². The Labute approximate surface area is 148 Å². The van der Waals surface area contributed by atoms with Gasteiger partial charge in [0, 0.05) is 29.3 Å². The molecule has 0 aliphatic rings. The highest BCUT2D eigenvalue weighted by Gasteiger charge is 2.32. The number of para-hydroxylation sites is 1. The van der Waals surface area contributed by atoms with Gasteiger partial charge in [-0.3, -0.25) is 0 Å². The molecule has 0 radical (unpaired) electrons. The minimum atomic E-state index is -4.52. The van der Waals surface area contributed by atoms with E-state index in [1.807, 2.05) is 30.5 Å². The molecule has 0 unspecified atom stereocenters. The molecule has 0 fully saturated rings. The number of anilines is 1. The van der Waals surface area contributed by atoms with Gasteiger partial charge in [0.25, 0.3) is 0 Å². The molecule has 0 saturated heterocycles. The summed E-state index contributed by atoms with van der Waals surface area (Å²) in [6.45, 7) is 0.456. The number of aromatic amines is 1. The van der Waals surface area contributed by atoms with Crippen molar-refractivity contribution in [3.8, 4) is 0 Å². The number of carbonyl (C=O) groups is 1. The van der Waals surface area contributed by atoms with E-state index in [-0.39, 0.29) is 5.56 Å². The molecule has 0 amide bonds. The van der Waals surface area contributed by atoms with Crippen LogP contribution in [0.25, 0.3) is 10.9 Å². The highest BCUT2D eigenvalue weighted by atomic mass is 19.4.